The van der Waals surface area contributed by atoms with Crippen molar-refractivity contribution < 1.29 is 14.3 Å². The van der Waals surface area contributed by atoms with Crippen molar-refractivity contribution >= 4 is 17.5 Å². The molecule has 0 spiro atoms. The van der Waals surface area contributed by atoms with Gasteiger partial charge in [0.1, 0.15) is 17.3 Å². The monoisotopic (exact) mass is 378 g/mol. The van der Waals surface area contributed by atoms with E-state index < -0.39 is 17.4 Å². The quantitative estimate of drug-likeness (QED) is 0.602. The third kappa shape index (κ3) is 4.61. The van der Waals surface area contributed by atoms with Crippen LogP contribution in [0.4, 0.5) is 5.69 Å². The van der Waals surface area contributed by atoms with E-state index >= 15 is 0 Å². The molecule has 1 heterocycles. The highest BCUT2D eigenvalue weighted by Crippen LogP contribution is 2.14. The number of anilines is 1. The highest BCUT2D eigenvalue weighted by Gasteiger charge is 2.12. The fraction of sp³-hybridized carbons (Fsp3) is 0.100. The minimum absolute atomic E-state index is 0.00811. The second-order valence-corrected chi connectivity index (χ2v) is 6.00. The Bertz CT molecular complexity index is 1060. The minimum Gasteiger partial charge on any atom is -0.497 e. The van der Waals surface area contributed by atoms with Gasteiger partial charge in [-0.15, -0.1) is 0 Å². The van der Waals surface area contributed by atoms with Gasteiger partial charge in [-0.05, 0) is 42.0 Å². The zero-order valence-electron chi connectivity index (χ0n) is 15.1. The number of methoxy groups -OCH3 is 1. The number of hydrogen-bond donors (Lipinski definition) is 3. The highest BCUT2D eigenvalue weighted by atomic mass is 16.5. The predicted octanol–water partition coefficient (Wildman–Crippen LogP) is 1.72. The van der Waals surface area contributed by atoms with E-state index in [4.69, 9.17) is 10.5 Å². The lowest BCUT2D eigenvalue weighted by Crippen LogP contribution is -2.20. The molecular weight excluding hydrogens is 360 g/mol. The van der Waals surface area contributed by atoms with Crippen molar-refractivity contribution in [1.29, 1.82) is 0 Å². The number of nitrogens with two attached hydrogens (primary N) is 1. The van der Waals surface area contributed by atoms with Crippen LogP contribution in [0.5, 0.6) is 5.75 Å². The Morgan fingerprint density at radius 1 is 1.11 bits per heavy atom. The number of benzene rings is 2. The minimum atomic E-state index is -0.558. The first-order valence-corrected chi connectivity index (χ1v) is 8.39. The number of nitrogens with zero attached hydrogens (tertiary/aromatic N) is 1. The van der Waals surface area contributed by atoms with Gasteiger partial charge in [0, 0.05) is 23.7 Å². The summed E-state index contributed by atoms with van der Waals surface area (Å²) < 4.78 is 5.11. The molecule has 4 N–H and O–H groups in total. The molecule has 2 amide bonds. The van der Waals surface area contributed by atoms with E-state index in [1.807, 2.05) is 12.1 Å². The van der Waals surface area contributed by atoms with E-state index in [9.17, 15) is 14.4 Å². The standard InChI is InChI=1S/C20H18N4O4/c1-28-15-8-2-12(3-9-15)10-17-23-16(11-18(25)24-17)20(27)22-14-6-4-13(5-7-14)19(21)26/h2-9,11H,10H2,1H3,(H2,21,26)(H,22,27)(H,23,24,25). The maximum Gasteiger partial charge on any atom is 0.274 e. The summed E-state index contributed by atoms with van der Waals surface area (Å²) in [7, 11) is 1.58. The summed E-state index contributed by atoms with van der Waals surface area (Å²) in [4.78, 5) is 42.3. The summed E-state index contributed by atoms with van der Waals surface area (Å²) >= 11 is 0. The molecule has 0 bridgehead atoms. The predicted molar refractivity (Wildman–Crippen MR) is 104 cm³/mol. The van der Waals surface area contributed by atoms with Gasteiger partial charge < -0.3 is 20.8 Å². The number of H-pyrrole nitrogens is 1. The Labute approximate surface area is 160 Å². The van der Waals surface area contributed by atoms with Crippen molar-refractivity contribution in [3.63, 3.8) is 0 Å². The Hall–Kier alpha value is -3.94. The molecule has 0 aliphatic carbocycles. The number of ether oxygens (including phenoxy) is 1. The number of rotatable bonds is 6. The van der Waals surface area contributed by atoms with E-state index in [1.54, 1.807) is 31.4 Å². The van der Waals surface area contributed by atoms with E-state index in [1.165, 1.54) is 12.1 Å². The zero-order chi connectivity index (χ0) is 20.1. The summed E-state index contributed by atoms with van der Waals surface area (Å²) in [5.41, 5.74) is 6.44. The summed E-state index contributed by atoms with van der Waals surface area (Å²) in [5.74, 6) is -0.00112. The molecule has 28 heavy (non-hydrogen) atoms. The van der Waals surface area contributed by atoms with Crippen LogP contribution < -0.4 is 21.3 Å². The molecule has 8 heteroatoms. The Morgan fingerprint density at radius 2 is 1.79 bits per heavy atom. The average Bonchev–Trinajstić information content (AvgIpc) is 2.68. The van der Waals surface area contributed by atoms with Crippen molar-refractivity contribution in [3.8, 4) is 5.75 Å². The highest BCUT2D eigenvalue weighted by molar-refractivity contribution is 6.03. The number of carbonyl (C=O) groups excluding carboxylic acids is 2. The van der Waals surface area contributed by atoms with E-state index in [-0.39, 0.29) is 5.69 Å². The van der Waals surface area contributed by atoms with E-state index in [2.05, 4.69) is 15.3 Å². The average molecular weight is 378 g/mol. The fourth-order valence-electron chi connectivity index (χ4n) is 2.56. The van der Waals surface area contributed by atoms with Gasteiger partial charge >= 0.3 is 0 Å². The van der Waals surface area contributed by atoms with Gasteiger partial charge in [0.15, 0.2) is 0 Å². The Kier molecular flexibility index (Phi) is 5.50. The Balaban J connectivity index is 1.76. The van der Waals surface area contributed by atoms with Crippen molar-refractivity contribution in [1.82, 2.24) is 9.97 Å². The lowest BCUT2D eigenvalue weighted by molar-refractivity contribution is 0.0998. The van der Waals surface area contributed by atoms with Crippen LogP contribution in [0.25, 0.3) is 0 Å². The molecule has 1 aromatic heterocycles. The molecule has 3 rings (SSSR count). The fourth-order valence-corrected chi connectivity index (χ4v) is 2.56. The van der Waals surface area contributed by atoms with Gasteiger partial charge in [-0.1, -0.05) is 12.1 Å². The number of carbonyl (C=O) groups is 2. The molecule has 2 aromatic carbocycles. The smallest absolute Gasteiger partial charge is 0.274 e. The van der Waals surface area contributed by atoms with Gasteiger partial charge in [0.25, 0.3) is 11.5 Å². The first-order chi connectivity index (χ1) is 13.4. The molecular formula is C20H18N4O4. The van der Waals surface area contributed by atoms with Crippen LogP contribution in [0.1, 0.15) is 32.2 Å². The third-order valence-corrected chi connectivity index (χ3v) is 3.98. The number of nitrogens with one attached hydrogen (secondary N) is 2. The molecule has 0 aliphatic heterocycles. The van der Waals surface area contributed by atoms with Gasteiger partial charge in [-0.25, -0.2) is 4.98 Å². The zero-order valence-corrected chi connectivity index (χ0v) is 15.1. The molecule has 0 saturated carbocycles. The number of aromatic amines is 1. The lowest BCUT2D eigenvalue weighted by atomic mass is 10.1. The van der Waals surface area contributed by atoms with E-state index in [0.717, 1.165) is 17.4 Å². The van der Waals surface area contributed by atoms with Gasteiger partial charge in [0.05, 0.1) is 7.11 Å². The largest absolute Gasteiger partial charge is 0.497 e. The van der Waals surface area contributed by atoms with E-state index in [0.29, 0.717) is 23.5 Å². The first-order valence-electron chi connectivity index (χ1n) is 8.39. The van der Waals surface area contributed by atoms with Crippen molar-refractivity contribution in [2.75, 3.05) is 12.4 Å². The van der Waals surface area contributed by atoms with Crippen molar-refractivity contribution in [2.24, 2.45) is 5.73 Å². The summed E-state index contributed by atoms with van der Waals surface area (Å²) in [5, 5.41) is 2.63. The lowest BCUT2D eigenvalue weighted by Gasteiger charge is -2.07. The van der Waals surface area contributed by atoms with Gasteiger partial charge in [0.2, 0.25) is 5.91 Å². The van der Waals surface area contributed by atoms with Crippen LogP contribution in [0.2, 0.25) is 0 Å². The molecule has 3 aromatic rings. The summed E-state index contributed by atoms with van der Waals surface area (Å²) in [6.45, 7) is 0. The second kappa shape index (κ2) is 8.17. The van der Waals surface area contributed by atoms with Crippen LogP contribution in [0.15, 0.2) is 59.4 Å². The number of primary amides is 1. The number of amides is 2. The van der Waals surface area contributed by atoms with Crippen LogP contribution in [0, 0.1) is 0 Å². The normalized spacial score (nSPS) is 10.3. The Morgan fingerprint density at radius 3 is 2.39 bits per heavy atom. The molecule has 142 valence electrons. The first kappa shape index (κ1) is 18.8. The summed E-state index contributed by atoms with van der Waals surface area (Å²) in [6.07, 6.45) is 0.355. The second-order valence-electron chi connectivity index (χ2n) is 6.00. The molecule has 0 radical (unpaired) electrons. The molecule has 0 fully saturated rings. The third-order valence-electron chi connectivity index (χ3n) is 3.98. The maximum atomic E-state index is 12.4. The maximum absolute atomic E-state index is 12.4. The van der Waals surface area contributed by atoms with Gasteiger partial charge in [-0.2, -0.15) is 0 Å². The molecule has 0 saturated heterocycles. The van der Waals surface area contributed by atoms with Crippen molar-refractivity contribution in [2.45, 2.75) is 6.42 Å². The van der Waals surface area contributed by atoms with Crippen molar-refractivity contribution in [3.05, 3.63) is 87.6 Å². The SMILES string of the molecule is COc1ccc(Cc2nc(C(=O)Nc3ccc(C(N)=O)cc3)cc(=O)[nH]2)cc1. The van der Waals surface area contributed by atoms with Crippen LogP contribution >= 0.6 is 0 Å². The summed E-state index contributed by atoms with van der Waals surface area (Å²) in [6, 6.07) is 14.5. The number of hydrogen-bond acceptors (Lipinski definition) is 5. The topological polar surface area (TPSA) is 127 Å². The van der Waals surface area contributed by atoms with Gasteiger partial charge in [-0.3, -0.25) is 14.4 Å². The molecule has 0 unspecified atom stereocenters. The molecule has 0 atom stereocenters. The van der Waals surface area contributed by atoms with Crippen LogP contribution in [-0.4, -0.2) is 28.9 Å². The number of aromatic nitrogens is 2. The van der Waals surface area contributed by atoms with Crippen LogP contribution in [-0.2, 0) is 6.42 Å². The molecule has 8 nitrogen and oxygen atoms in total. The van der Waals surface area contributed by atoms with Crippen LogP contribution in [0.3, 0.4) is 0 Å². The molecule has 0 aliphatic rings.